The first-order chi connectivity index (χ1) is 25.3. The smallest absolute Gasteiger partial charge is 0.0682 e. The van der Waals surface area contributed by atoms with Gasteiger partial charge >= 0.3 is 0 Å². The van der Waals surface area contributed by atoms with Crippen molar-refractivity contribution < 1.29 is 0 Å². The standard InChI is InChI=1S/C49H46N2/c1-2-39-40-19-9-12-22-44(40)49(45-23-13-10-20-41(39)45)46-24-14-11-21-42(46)43-31-30-37(33-47(43)49)48(51-50-38-17-7-4-8-18-38)32-27-34-25-28-36(29-26-34)35-15-5-3-6-16-35/h3,5,7,9-15,17-26,28-32,37,39,50-51H,2,4,6,8,16,27,33H2,1H3/b48-32-. The van der Waals surface area contributed by atoms with Crippen LogP contribution in [0.1, 0.15) is 95.9 Å². The van der Waals surface area contributed by atoms with Gasteiger partial charge in [0.25, 0.3) is 0 Å². The summed E-state index contributed by atoms with van der Waals surface area (Å²) in [5, 5.41) is 0. The van der Waals surface area contributed by atoms with Crippen LogP contribution in [0.2, 0.25) is 0 Å². The number of hydrogen-bond donors (Lipinski definition) is 2. The fourth-order valence-corrected chi connectivity index (χ4v) is 9.46. The molecule has 1 atom stereocenters. The van der Waals surface area contributed by atoms with Crippen LogP contribution >= 0.6 is 0 Å². The van der Waals surface area contributed by atoms with Crippen LogP contribution in [0, 0.1) is 5.92 Å². The van der Waals surface area contributed by atoms with Crippen molar-refractivity contribution in [2.24, 2.45) is 5.92 Å². The van der Waals surface area contributed by atoms with Crippen molar-refractivity contribution in [2.75, 3.05) is 0 Å². The van der Waals surface area contributed by atoms with Crippen LogP contribution in [0.3, 0.4) is 0 Å². The molecule has 2 nitrogen and oxygen atoms in total. The van der Waals surface area contributed by atoms with Crippen LogP contribution in [0.5, 0.6) is 0 Å². The topological polar surface area (TPSA) is 24.1 Å². The van der Waals surface area contributed by atoms with Gasteiger partial charge in [0.1, 0.15) is 0 Å². The maximum absolute atomic E-state index is 3.74. The minimum Gasteiger partial charge on any atom is -0.305 e. The summed E-state index contributed by atoms with van der Waals surface area (Å²) in [6, 6.07) is 37.1. The van der Waals surface area contributed by atoms with E-state index in [1.165, 1.54) is 66.9 Å². The molecule has 252 valence electrons. The van der Waals surface area contributed by atoms with Gasteiger partial charge in [0.2, 0.25) is 0 Å². The summed E-state index contributed by atoms with van der Waals surface area (Å²) >= 11 is 0. The molecular formula is C49H46N2. The minimum atomic E-state index is -0.320. The quantitative estimate of drug-likeness (QED) is 0.184. The Hall–Kier alpha value is -5.34. The van der Waals surface area contributed by atoms with E-state index in [4.69, 9.17) is 0 Å². The van der Waals surface area contributed by atoms with E-state index in [1.807, 2.05) is 0 Å². The average molecular weight is 663 g/mol. The molecule has 0 saturated carbocycles. The SMILES string of the molecule is CCC1c2ccccc2C2(C3=C(C=CC(/C(=C/Cc4ccc(C5=CC=CCC5)cc4)NNC4=CCCC=C4)C3)c3ccccc32)c2ccccc21. The molecule has 0 saturated heterocycles. The second-order valence-corrected chi connectivity index (χ2v) is 14.6. The first kappa shape index (κ1) is 31.6. The van der Waals surface area contributed by atoms with Gasteiger partial charge in [-0.05, 0) is 112 Å². The fourth-order valence-electron chi connectivity index (χ4n) is 9.46. The molecule has 2 N–H and O–H groups in total. The van der Waals surface area contributed by atoms with E-state index < -0.39 is 0 Å². The van der Waals surface area contributed by atoms with Crippen LogP contribution in [0.4, 0.5) is 0 Å². The molecule has 0 aromatic heterocycles. The molecule has 4 aromatic rings. The fraction of sp³-hybridized carbons (Fsp3) is 0.224. The van der Waals surface area contributed by atoms with Crippen molar-refractivity contribution in [3.8, 4) is 0 Å². The van der Waals surface area contributed by atoms with E-state index in [0.717, 1.165) is 50.6 Å². The van der Waals surface area contributed by atoms with E-state index in [-0.39, 0.29) is 11.3 Å². The van der Waals surface area contributed by atoms with Crippen LogP contribution < -0.4 is 10.9 Å². The number of hydrogen-bond acceptors (Lipinski definition) is 2. The molecule has 0 amide bonds. The third kappa shape index (κ3) is 5.40. The Morgan fingerprint density at radius 3 is 2.24 bits per heavy atom. The molecule has 0 aliphatic heterocycles. The minimum absolute atomic E-state index is 0.192. The number of rotatable bonds is 8. The molecule has 9 rings (SSSR count). The molecule has 5 aliphatic carbocycles. The molecule has 4 aromatic carbocycles. The Bertz CT molecular complexity index is 2150. The van der Waals surface area contributed by atoms with Crippen LogP contribution in [-0.2, 0) is 11.8 Å². The summed E-state index contributed by atoms with van der Waals surface area (Å²) in [5.74, 6) is 0.586. The summed E-state index contributed by atoms with van der Waals surface area (Å²) in [5.41, 5.74) is 25.0. The predicted octanol–water partition coefficient (Wildman–Crippen LogP) is 11.4. The number of fused-ring (bicyclic) bond motifs is 8. The van der Waals surface area contributed by atoms with Crippen molar-refractivity contribution in [3.05, 3.63) is 213 Å². The second kappa shape index (κ2) is 13.4. The zero-order valence-electron chi connectivity index (χ0n) is 29.5. The Morgan fingerprint density at radius 2 is 1.53 bits per heavy atom. The van der Waals surface area contributed by atoms with E-state index in [1.54, 1.807) is 0 Å². The zero-order valence-corrected chi connectivity index (χ0v) is 29.5. The zero-order chi connectivity index (χ0) is 34.2. The van der Waals surface area contributed by atoms with Gasteiger partial charge in [-0.3, -0.25) is 0 Å². The third-order valence-corrected chi connectivity index (χ3v) is 11.8. The number of benzene rings is 4. The monoisotopic (exact) mass is 662 g/mol. The van der Waals surface area contributed by atoms with Crippen LogP contribution in [-0.4, -0.2) is 0 Å². The maximum atomic E-state index is 3.74. The van der Waals surface area contributed by atoms with E-state index in [2.05, 4.69) is 170 Å². The largest absolute Gasteiger partial charge is 0.305 e. The van der Waals surface area contributed by atoms with Crippen molar-refractivity contribution >= 4 is 11.1 Å². The lowest BCUT2D eigenvalue weighted by Crippen LogP contribution is -2.38. The Morgan fingerprint density at radius 1 is 0.784 bits per heavy atom. The normalized spacial score (nSPS) is 22.9. The Balaban J connectivity index is 1.12. The number of hydrazine groups is 1. The van der Waals surface area contributed by atoms with Crippen molar-refractivity contribution in [2.45, 2.75) is 63.2 Å². The molecule has 1 unspecified atom stereocenters. The van der Waals surface area contributed by atoms with Gasteiger partial charge in [0.15, 0.2) is 0 Å². The molecular weight excluding hydrogens is 617 g/mol. The van der Waals surface area contributed by atoms with Gasteiger partial charge in [-0.1, -0.05) is 153 Å². The number of allylic oxidation sites excluding steroid dienone is 12. The van der Waals surface area contributed by atoms with Crippen molar-refractivity contribution in [1.82, 2.24) is 10.9 Å². The maximum Gasteiger partial charge on any atom is 0.0682 e. The lowest BCUT2D eigenvalue weighted by molar-refractivity contribution is 0.554. The molecule has 0 radical (unpaired) electrons. The molecule has 51 heavy (non-hydrogen) atoms. The highest BCUT2D eigenvalue weighted by Gasteiger charge is 2.52. The molecule has 1 spiro atoms. The lowest BCUT2D eigenvalue weighted by atomic mass is 9.57. The van der Waals surface area contributed by atoms with Gasteiger partial charge < -0.3 is 10.9 Å². The van der Waals surface area contributed by atoms with Crippen molar-refractivity contribution in [3.63, 3.8) is 0 Å². The Labute approximate surface area is 303 Å². The van der Waals surface area contributed by atoms with E-state index in [9.17, 15) is 0 Å². The summed E-state index contributed by atoms with van der Waals surface area (Å²) in [6.07, 6.45) is 28.0. The molecule has 0 bridgehead atoms. The predicted molar refractivity (Wildman–Crippen MR) is 213 cm³/mol. The molecule has 5 aliphatic rings. The highest BCUT2D eigenvalue weighted by molar-refractivity contribution is 5.92. The highest BCUT2D eigenvalue weighted by Crippen LogP contribution is 2.62. The molecule has 0 heterocycles. The van der Waals surface area contributed by atoms with E-state index in [0.29, 0.717) is 5.92 Å². The lowest BCUT2D eigenvalue weighted by Gasteiger charge is -2.45. The number of nitrogens with one attached hydrogen (secondary N) is 2. The van der Waals surface area contributed by atoms with Crippen LogP contribution in [0.25, 0.3) is 11.1 Å². The van der Waals surface area contributed by atoms with Gasteiger partial charge in [-0.15, -0.1) is 0 Å². The summed E-state index contributed by atoms with van der Waals surface area (Å²) < 4.78 is 0. The first-order valence-corrected chi connectivity index (χ1v) is 19.0. The van der Waals surface area contributed by atoms with Gasteiger partial charge in [-0.2, -0.15) is 0 Å². The van der Waals surface area contributed by atoms with Gasteiger partial charge in [0.05, 0.1) is 5.41 Å². The highest BCUT2D eigenvalue weighted by atomic mass is 15.4. The van der Waals surface area contributed by atoms with Gasteiger partial charge in [0, 0.05) is 23.2 Å². The Kier molecular flexibility index (Phi) is 8.32. The summed E-state index contributed by atoms with van der Waals surface area (Å²) in [6.45, 7) is 2.34. The summed E-state index contributed by atoms with van der Waals surface area (Å²) in [7, 11) is 0. The van der Waals surface area contributed by atoms with E-state index >= 15 is 0 Å². The van der Waals surface area contributed by atoms with Crippen LogP contribution in [0.15, 0.2) is 169 Å². The average Bonchev–Trinajstić information content (AvgIpc) is 3.49. The molecule has 2 heteroatoms. The molecule has 0 fully saturated rings. The third-order valence-electron chi connectivity index (χ3n) is 11.8. The summed E-state index contributed by atoms with van der Waals surface area (Å²) in [4.78, 5) is 0. The van der Waals surface area contributed by atoms with Gasteiger partial charge in [-0.25, -0.2) is 0 Å². The van der Waals surface area contributed by atoms with Crippen molar-refractivity contribution in [1.29, 1.82) is 0 Å². The first-order valence-electron chi connectivity index (χ1n) is 19.0. The second-order valence-electron chi connectivity index (χ2n) is 14.6.